The second kappa shape index (κ2) is 5.70. The highest BCUT2D eigenvalue weighted by Crippen LogP contribution is 2.24. The highest BCUT2D eigenvalue weighted by Gasteiger charge is 2.36. The van der Waals surface area contributed by atoms with Crippen molar-refractivity contribution in [3.8, 4) is 0 Å². The molecule has 1 aliphatic heterocycles. The standard InChI is InChI=1S/C11H15N3O5S2/c1-12-21(18,19)7-3-8(13(2)4-7)10(15)14-6-20-5-9(14)11(16)17/h3-4,9,12H,5-6H2,1-2H3,(H,16,17). The first kappa shape index (κ1) is 15.9. The minimum atomic E-state index is -3.65. The van der Waals surface area contributed by atoms with E-state index < -0.39 is 27.9 Å². The second-order valence-electron chi connectivity index (χ2n) is 4.51. The van der Waals surface area contributed by atoms with Crippen LogP contribution in [0.4, 0.5) is 0 Å². The summed E-state index contributed by atoms with van der Waals surface area (Å²) in [6.07, 6.45) is 1.32. The molecule has 1 aromatic heterocycles. The monoisotopic (exact) mass is 333 g/mol. The zero-order valence-corrected chi connectivity index (χ0v) is 13.1. The van der Waals surface area contributed by atoms with E-state index in [4.69, 9.17) is 5.11 Å². The number of hydrogen-bond donors (Lipinski definition) is 2. The third kappa shape index (κ3) is 2.92. The highest BCUT2D eigenvalue weighted by molar-refractivity contribution is 7.99. The molecule has 1 unspecified atom stereocenters. The molecule has 0 aliphatic carbocycles. The normalized spacial score (nSPS) is 19.0. The van der Waals surface area contributed by atoms with E-state index in [2.05, 4.69) is 4.72 Å². The van der Waals surface area contributed by atoms with E-state index >= 15 is 0 Å². The van der Waals surface area contributed by atoms with Crippen LogP contribution in [-0.2, 0) is 21.9 Å². The molecule has 1 fully saturated rings. The average Bonchev–Trinajstić information content (AvgIpc) is 3.04. The fraction of sp³-hybridized carbons (Fsp3) is 0.455. The summed E-state index contributed by atoms with van der Waals surface area (Å²) in [5.41, 5.74) is 0.137. The molecule has 0 bridgehead atoms. The molecule has 8 nitrogen and oxygen atoms in total. The van der Waals surface area contributed by atoms with Crippen LogP contribution in [0.1, 0.15) is 10.5 Å². The number of rotatable bonds is 4. The number of carboxylic acid groups (broad SMARTS) is 1. The maximum Gasteiger partial charge on any atom is 0.327 e. The summed E-state index contributed by atoms with van der Waals surface area (Å²) in [5.74, 6) is -0.958. The van der Waals surface area contributed by atoms with Gasteiger partial charge in [0.25, 0.3) is 5.91 Å². The van der Waals surface area contributed by atoms with Crippen LogP contribution in [0.2, 0.25) is 0 Å². The van der Waals surface area contributed by atoms with Crippen molar-refractivity contribution in [2.45, 2.75) is 10.9 Å². The maximum absolute atomic E-state index is 12.4. The van der Waals surface area contributed by atoms with Gasteiger partial charge in [-0.25, -0.2) is 17.9 Å². The number of amides is 1. The first-order valence-electron chi connectivity index (χ1n) is 5.99. The Morgan fingerprint density at radius 3 is 2.71 bits per heavy atom. The van der Waals surface area contributed by atoms with Gasteiger partial charge in [0.15, 0.2) is 0 Å². The quantitative estimate of drug-likeness (QED) is 0.771. The Bertz CT molecular complexity index is 682. The van der Waals surface area contributed by atoms with Gasteiger partial charge < -0.3 is 14.6 Å². The number of aliphatic carboxylic acids is 1. The van der Waals surface area contributed by atoms with E-state index in [1.807, 2.05) is 0 Å². The summed E-state index contributed by atoms with van der Waals surface area (Å²) in [6, 6.07) is 0.359. The van der Waals surface area contributed by atoms with Gasteiger partial charge in [-0.1, -0.05) is 0 Å². The predicted octanol–water partition coefficient (Wildman–Crippen LogP) is -0.467. The average molecular weight is 333 g/mol. The van der Waals surface area contributed by atoms with Crippen molar-refractivity contribution in [2.24, 2.45) is 7.05 Å². The molecule has 1 aliphatic rings. The number of hydrogen-bond acceptors (Lipinski definition) is 5. The van der Waals surface area contributed by atoms with Crippen LogP contribution in [0.5, 0.6) is 0 Å². The summed E-state index contributed by atoms with van der Waals surface area (Å²) < 4.78 is 27.0. The van der Waals surface area contributed by atoms with Gasteiger partial charge in [-0.15, -0.1) is 11.8 Å². The molecule has 1 saturated heterocycles. The van der Waals surface area contributed by atoms with Gasteiger partial charge in [0.05, 0.1) is 5.88 Å². The number of thioether (sulfide) groups is 1. The SMILES string of the molecule is CNS(=O)(=O)c1cc(C(=O)N2CSCC2C(=O)O)n(C)c1. The molecule has 0 spiro atoms. The number of carbonyl (C=O) groups excluding carboxylic acids is 1. The summed E-state index contributed by atoms with van der Waals surface area (Å²) >= 11 is 1.35. The van der Waals surface area contributed by atoms with Crippen molar-refractivity contribution in [1.29, 1.82) is 0 Å². The molecule has 2 rings (SSSR count). The van der Waals surface area contributed by atoms with Gasteiger partial charge >= 0.3 is 5.97 Å². The zero-order chi connectivity index (χ0) is 15.8. The summed E-state index contributed by atoms with van der Waals surface area (Å²) in [7, 11) is -0.828. The van der Waals surface area contributed by atoms with E-state index in [0.29, 0.717) is 5.75 Å². The number of aromatic nitrogens is 1. The number of aryl methyl sites for hydroxylation is 1. The van der Waals surface area contributed by atoms with E-state index in [1.54, 1.807) is 7.05 Å². The largest absolute Gasteiger partial charge is 0.480 e. The van der Waals surface area contributed by atoms with Crippen molar-refractivity contribution >= 4 is 33.7 Å². The van der Waals surface area contributed by atoms with E-state index in [1.165, 1.54) is 40.5 Å². The maximum atomic E-state index is 12.4. The van der Waals surface area contributed by atoms with Crippen LogP contribution in [0.3, 0.4) is 0 Å². The van der Waals surface area contributed by atoms with Gasteiger partial charge in [0.2, 0.25) is 10.0 Å². The van der Waals surface area contributed by atoms with E-state index in [-0.39, 0.29) is 16.5 Å². The Kier molecular flexibility index (Phi) is 4.30. The first-order chi connectivity index (χ1) is 9.77. The summed E-state index contributed by atoms with van der Waals surface area (Å²) in [6.45, 7) is 0. The molecule has 10 heteroatoms. The van der Waals surface area contributed by atoms with Crippen LogP contribution >= 0.6 is 11.8 Å². The van der Waals surface area contributed by atoms with Crippen molar-refractivity contribution in [3.05, 3.63) is 18.0 Å². The third-order valence-electron chi connectivity index (χ3n) is 3.21. The summed E-state index contributed by atoms with van der Waals surface area (Å²) in [5, 5.41) is 9.10. The smallest absolute Gasteiger partial charge is 0.327 e. The van der Waals surface area contributed by atoms with Crippen LogP contribution in [0, 0.1) is 0 Å². The van der Waals surface area contributed by atoms with Crippen LogP contribution in [0.15, 0.2) is 17.2 Å². The number of nitrogens with zero attached hydrogens (tertiary/aromatic N) is 2. The molecular formula is C11H15N3O5S2. The van der Waals surface area contributed by atoms with Crippen molar-refractivity contribution in [1.82, 2.24) is 14.2 Å². The minimum absolute atomic E-state index is 0.0328. The fourth-order valence-corrected chi connectivity index (χ4v) is 3.95. The molecule has 116 valence electrons. The van der Waals surface area contributed by atoms with Gasteiger partial charge in [0.1, 0.15) is 16.6 Å². The Morgan fingerprint density at radius 2 is 2.14 bits per heavy atom. The van der Waals surface area contributed by atoms with Crippen molar-refractivity contribution in [3.63, 3.8) is 0 Å². The highest BCUT2D eigenvalue weighted by atomic mass is 32.2. The van der Waals surface area contributed by atoms with Crippen LogP contribution in [-0.4, -0.2) is 59.6 Å². The third-order valence-corrected chi connectivity index (χ3v) is 5.60. The molecule has 0 radical (unpaired) electrons. The fourth-order valence-electron chi connectivity index (χ4n) is 2.01. The van der Waals surface area contributed by atoms with Gasteiger partial charge in [-0.2, -0.15) is 0 Å². The lowest BCUT2D eigenvalue weighted by Gasteiger charge is -2.20. The lowest BCUT2D eigenvalue weighted by atomic mass is 10.2. The molecule has 2 N–H and O–H groups in total. The molecule has 0 saturated carbocycles. The van der Waals surface area contributed by atoms with Crippen LogP contribution in [0.25, 0.3) is 0 Å². The molecule has 1 aromatic rings. The lowest BCUT2D eigenvalue weighted by molar-refractivity contribution is -0.140. The Labute approximate surface area is 126 Å². The molecule has 21 heavy (non-hydrogen) atoms. The lowest BCUT2D eigenvalue weighted by Crippen LogP contribution is -2.42. The predicted molar refractivity (Wildman–Crippen MR) is 76.6 cm³/mol. The first-order valence-corrected chi connectivity index (χ1v) is 8.63. The van der Waals surface area contributed by atoms with Crippen molar-refractivity contribution < 1.29 is 23.1 Å². The minimum Gasteiger partial charge on any atom is -0.480 e. The van der Waals surface area contributed by atoms with Gasteiger partial charge in [-0.05, 0) is 13.1 Å². The molecule has 2 heterocycles. The number of nitrogens with one attached hydrogen (secondary N) is 1. The second-order valence-corrected chi connectivity index (χ2v) is 7.39. The Hall–Kier alpha value is -1.52. The van der Waals surface area contributed by atoms with Gasteiger partial charge in [0, 0.05) is 19.0 Å². The number of sulfonamides is 1. The number of carboxylic acids is 1. The van der Waals surface area contributed by atoms with E-state index in [0.717, 1.165) is 0 Å². The summed E-state index contributed by atoms with van der Waals surface area (Å²) in [4.78, 5) is 24.7. The van der Waals surface area contributed by atoms with Crippen LogP contribution < -0.4 is 4.72 Å². The number of carbonyl (C=O) groups is 2. The molecular weight excluding hydrogens is 318 g/mol. The zero-order valence-electron chi connectivity index (χ0n) is 11.4. The Balaban J connectivity index is 2.34. The van der Waals surface area contributed by atoms with Crippen molar-refractivity contribution in [2.75, 3.05) is 18.7 Å². The van der Waals surface area contributed by atoms with E-state index in [9.17, 15) is 18.0 Å². The molecule has 0 aromatic carbocycles. The Morgan fingerprint density at radius 1 is 1.48 bits per heavy atom. The topological polar surface area (TPSA) is 109 Å². The molecule has 1 atom stereocenters. The molecule has 1 amide bonds. The van der Waals surface area contributed by atoms with Gasteiger partial charge in [-0.3, -0.25) is 4.79 Å².